The molecule has 1 saturated heterocycles. The number of rotatable bonds is 6. The fraction of sp³-hybridized carbons (Fsp3) is 0.269. The number of fused-ring (bicyclic) bond motifs is 1. The van der Waals surface area contributed by atoms with Crippen LogP contribution in [0.25, 0.3) is 10.9 Å². The molecule has 1 amide bonds. The minimum atomic E-state index is -0.306. The van der Waals surface area contributed by atoms with E-state index >= 15 is 0 Å². The van der Waals surface area contributed by atoms with Crippen molar-refractivity contribution in [2.75, 3.05) is 30.3 Å². The molecule has 0 atom stereocenters. The molecule has 4 rings (SSSR count). The molecule has 1 fully saturated rings. The minimum absolute atomic E-state index is 0.231. The van der Waals surface area contributed by atoms with Gasteiger partial charge in [0.05, 0.1) is 29.1 Å². The summed E-state index contributed by atoms with van der Waals surface area (Å²) in [5, 5.41) is 19.8. The van der Waals surface area contributed by atoms with Gasteiger partial charge in [0.25, 0.3) is 0 Å². The number of amides is 1. The predicted octanol–water partition coefficient (Wildman–Crippen LogP) is 4.94. The number of carbonyl (C=O) groups excluding carboxylic acids is 1. The van der Waals surface area contributed by atoms with E-state index in [4.69, 9.17) is 4.74 Å². The summed E-state index contributed by atoms with van der Waals surface area (Å²) in [6.07, 6.45) is 4.80. The zero-order valence-corrected chi connectivity index (χ0v) is 19.2. The normalized spacial score (nSPS) is 13.3. The van der Waals surface area contributed by atoms with Crippen LogP contribution >= 0.6 is 0 Å². The van der Waals surface area contributed by atoms with Crippen LogP contribution in [0.1, 0.15) is 30.9 Å². The zero-order chi connectivity index (χ0) is 24.1. The Balaban J connectivity index is 1.76. The van der Waals surface area contributed by atoms with Crippen LogP contribution < -0.4 is 20.7 Å². The van der Waals surface area contributed by atoms with Crippen LogP contribution in [0.15, 0.2) is 48.2 Å². The number of aromatic nitrogens is 1. The lowest BCUT2D eigenvalue weighted by molar-refractivity contribution is -0.112. The predicted molar refractivity (Wildman–Crippen MR) is 131 cm³/mol. The molecule has 1 aromatic heterocycles. The van der Waals surface area contributed by atoms with E-state index in [-0.39, 0.29) is 11.7 Å². The fourth-order valence-corrected chi connectivity index (χ4v) is 3.93. The largest absolute Gasteiger partial charge is 0.492 e. The Morgan fingerprint density at radius 2 is 2.09 bits per heavy atom. The molecule has 34 heavy (non-hydrogen) atoms. The van der Waals surface area contributed by atoms with E-state index in [0.29, 0.717) is 51.4 Å². The van der Waals surface area contributed by atoms with Crippen LogP contribution in [0.3, 0.4) is 0 Å². The lowest BCUT2D eigenvalue weighted by Crippen LogP contribution is -2.24. The van der Waals surface area contributed by atoms with Gasteiger partial charge in [0.2, 0.25) is 5.91 Å². The average Bonchev–Trinajstić information content (AvgIpc) is 2.83. The van der Waals surface area contributed by atoms with Gasteiger partial charge in [0, 0.05) is 29.4 Å². The Hall–Kier alpha value is -3.96. The SMILES string of the molecule is CCOc1cc2ncc(C#N)c(Nc3ccc(F)c(C)c3)c2cc1NC(=O)C=C1CCNCC1. The second kappa shape index (κ2) is 10.3. The van der Waals surface area contributed by atoms with Crippen molar-refractivity contribution in [1.82, 2.24) is 10.3 Å². The molecule has 2 aromatic carbocycles. The Labute approximate surface area is 197 Å². The smallest absolute Gasteiger partial charge is 0.248 e. The Bertz CT molecular complexity index is 1300. The molecule has 0 radical (unpaired) electrons. The van der Waals surface area contributed by atoms with Gasteiger partial charge in [-0.15, -0.1) is 0 Å². The second-order valence-corrected chi connectivity index (χ2v) is 8.09. The molecule has 0 unspecified atom stereocenters. The van der Waals surface area contributed by atoms with Gasteiger partial charge >= 0.3 is 0 Å². The minimum Gasteiger partial charge on any atom is -0.492 e. The van der Waals surface area contributed by atoms with E-state index < -0.39 is 0 Å². The van der Waals surface area contributed by atoms with Gasteiger partial charge in [-0.1, -0.05) is 5.57 Å². The first-order valence-electron chi connectivity index (χ1n) is 11.2. The van der Waals surface area contributed by atoms with Crippen molar-refractivity contribution in [3.05, 3.63) is 65.1 Å². The van der Waals surface area contributed by atoms with Gasteiger partial charge in [-0.25, -0.2) is 4.39 Å². The van der Waals surface area contributed by atoms with Gasteiger partial charge in [-0.3, -0.25) is 9.78 Å². The summed E-state index contributed by atoms with van der Waals surface area (Å²) in [6.45, 7) is 5.68. The number of halogens is 1. The van der Waals surface area contributed by atoms with E-state index in [0.717, 1.165) is 31.5 Å². The summed E-state index contributed by atoms with van der Waals surface area (Å²) in [5.74, 6) is -0.0435. The summed E-state index contributed by atoms with van der Waals surface area (Å²) in [7, 11) is 0. The third-order valence-electron chi connectivity index (χ3n) is 5.66. The monoisotopic (exact) mass is 459 g/mol. The highest BCUT2D eigenvalue weighted by Crippen LogP contribution is 2.36. The quantitative estimate of drug-likeness (QED) is 0.452. The van der Waals surface area contributed by atoms with E-state index in [2.05, 4.69) is 27.0 Å². The maximum atomic E-state index is 13.7. The number of hydrogen-bond acceptors (Lipinski definition) is 6. The van der Waals surface area contributed by atoms with Crippen LogP contribution in [0, 0.1) is 24.1 Å². The maximum absolute atomic E-state index is 13.7. The second-order valence-electron chi connectivity index (χ2n) is 8.09. The van der Waals surface area contributed by atoms with Crippen LogP contribution in [0.2, 0.25) is 0 Å². The number of carbonyl (C=O) groups is 1. The lowest BCUT2D eigenvalue weighted by atomic mass is 10.0. The number of aryl methyl sites for hydroxylation is 1. The third kappa shape index (κ3) is 5.16. The molecule has 0 aliphatic carbocycles. The van der Waals surface area contributed by atoms with Crippen molar-refractivity contribution < 1.29 is 13.9 Å². The molecule has 2 heterocycles. The molecular formula is C26H26FN5O2. The zero-order valence-electron chi connectivity index (χ0n) is 19.2. The summed E-state index contributed by atoms with van der Waals surface area (Å²) in [4.78, 5) is 17.2. The fourth-order valence-electron chi connectivity index (χ4n) is 3.93. The molecule has 1 aliphatic rings. The number of piperidine rings is 1. The number of pyridine rings is 1. The van der Waals surface area contributed by atoms with E-state index in [9.17, 15) is 14.4 Å². The van der Waals surface area contributed by atoms with Crippen LogP contribution in [-0.4, -0.2) is 30.6 Å². The highest BCUT2D eigenvalue weighted by atomic mass is 19.1. The van der Waals surface area contributed by atoms with Gasteiger partial charge in [0.15, 0.2) is 0 Å². The van der Waals surface area contributed by atoms with Crippen molar-refractivity contribution >= 4 is 33.9 Å². The highest BCUT2D eigenvalue weighted by Gasteiger charge is 2.16. The van der Waals surface area contributed by atoms with Crippen molar-refractivity contribution in [2.45, 2.75) is 26.7 Å². The first-order valence-corrected chi connectivity index (χ1v) is 11.2. The number of nitrogens with zero attached hydrogens (tertiary/aromatic N) is 2. The molecule has 0 spiro atoms. The average molecular weight is 460 g/mol. The Kier molecular flexibility index (Phi) is 7.04. The summed E-state index contributed by atoms with van der Waals surface area (Å²) >= 11 is 0. The molecule has 3 N–H and O–H groups in total. The van der Waals surface area contributed by atoms with E-state index in [1.165, 1.54) is 12.3 Å². The number of anilines is 3. The Morgan fingerprint density at radius 3 is 2.79 bits per heavy atom. The highest BCUT2D eigenvalue weighted by molar-refractivity contribution is 6.05. The van der Waals surface area contributed by atoms with Crippen molar-refractivity contribution in [2.24, 2.45) is 0 Å². The van der Waals surface area contributed by atoms with Gasteiger partial charge in [-0.05, 0) is 69.6 Å². The molecular weight excluding hydrogens is 433 g/mol. The van der Waals surface area contributed by atoms with Gasteiger partial charge < -0.3 is 20.7 Å². The van der Waals surface area contributed by atoms with E-state index in [1.54, 1.807) is 37.3 Å². The molecule has 7 nitrogen and oxygen atoms in total. The van der Waals surface area contributed by atoms with Gasteiger partial charge in [0.1, 0.15) is 17.6 Å². The Morgan fingerprint density at radius 1 is 1.29 bits per heavy atom. The molecule has 0 bridgehead atoms. The van der Waals surface area contributed by atoms with Crippen molar-refractivity contribution in [1.29, 1.82) is 5.26 Å². The molecule has 174 valence electrons. The van der Waals surface area contributed by atoms with E-state index in [1.807, 2.05) is 6.92 Å². The number of nitriles is 1. The van der Waals surface area contributed by atoms with Crippen LogP contribution in [0.5, 0.6) is 5.75 Å². The topological polar surface area (TPSA) is 99.1 Å². The molecule has 8 heteroatoms. The first kappa shape index (κ1) is 23.2. The summed E-state index contributed by atoms with van der Waals surface area (Å²) in [5.41, 5.74) is 4.15. The number of ether oxygens (including phenoxy) is 1. The van der Waals surface area contributed by atoms with Crippen LogP contribution in [-0.2, 0) is 4.79 Å². The van der Waals surface area contributed by atoms with Crippen molar-refractivity contribution in [3.8, 4) is 11.8 Å². The van der Waals surface area contributed by atoms with Crippen LogP contribution in [0.4, 0.5) is 21.5 Å². The molecule has 3 aromatic rings. The number of nitrogens with one attached hydrogen (secondary N) is 3. The summed E-state index contributed by atoms with van der Waals surface area (Å²) in [6, 6.07) is 10.3. The third-order valence-corrected chi connectivity index (χ3v) is 5.66. The molecule has 0 saturated carbocycles. The molecule has 1 aliphatic heterocycles. The van der Waals surface area contributed by atoms with Gasteiger partial charge in [-0.2, -0.15) is 5.26 Å². The lowest BCUT2D eigenvalue weighted by Gasteiger charge is -2.17. The number of hydrogen-bond donors (Lipinski definition) is 3. The summed E-state index contributed by atoms with van der Waals surface area (Å²) < 4.78 is 19.5. The number of benzene rings is 2. The maximum Gasteiger partial charge on any atom is 0.248 e. The van der Waals surface area contributed by atoms with Crippen molar-refractivity contribution in [3.63, 3.8) is 0 Å². The first-order chi connectivity index (χ1) is 16.5. The standard InChI is InChI=1S/C26H26FN5O2/c1-3-34-24-13-22-20(12-23(24)32-25(33)11-17-6-8-29-9-7-17)26(18(14-28)15-30-22)31-19-4-5-21(27)16(2)10-19/h4-5,10-13,15,29H,3,6-9H2,1-2H3,(H,30,31)(H,32,33).